The predicted octanol–water partition coefficient (Wildman–Crippen LogP) is 2.22. The first kappa shape index (κ1) is 21.7. The van der Waals surface area contributed by atoms with Crippen LogP contribution in [-0.4, -0.2) is 79.8 Å². The molecule has 1 saturated carbocycles. The Morgan fingerprint density at radius 1 is 0.935 bits per heavy atom. The van der Waals surface area contributed by atoms with Crippen molar-refractivity contribution in [3.63, 3.8) is 0 Å². The van der Waals surface area contributed by atoms with E-state index in [0.29, 0.717) is 39.0 Å². The van der Waals surface area contributed by atoms with E-state index in [2.05, 4.69) is 21.9 Å². The molecule has 0 unspecified atom stereocenters. The first-order chi connectivity index (χ1) is 15.1. The molecule has 3 fully saturated rings. The smallest absolute Gasteiger partial charge is 0.410 e. The minimum atomic E-state index is -1.06. The maximum absolute atomic E-state index is 12.3. The fraction of sp³-hybridized carbons (Fsp3) is 0.652. The van der Waals surface area contributed by atoms with Crippen molar-refractivity contribution in [2.24, 2.45) is 5.73 Å². The number of hydrogen-bond acceptors (Lipinski definition) is 6. The van der Waals surface area contributed by atoms with Crippen molar-refractivity contribution in [2.75, 3.05) is 57.3 Å². The molecule has 8 heteroatoms. The molecule has 8 nitrogen and oxygen atoms in total. The second-order valence-electron chi connectivity index (χ2n) is 8.80. The Morgan fingerprint density at radius 2 is 1.61 bits per heavy atom. The number of hydrogen-bond donors (Lipinski definition) is 1. The van der Waals surface area contributed by atoms with Gasteiger partial charge in [0.15, 0.2) is 5.60 Å². The topological polar surface area (TPSA) is 88.3 Å². The van der Waals surface area contributed by atoms with E-state index in [4.69, 9.17) is 15.2 Å². The molecule has 0 bridgehead atoms. The Hall–Kier alpha value is -2.48. The molecule has 0 spiro atoms. The predicted molar refractivity (Wildman–Crippen MR) is 118 cm³/mol. The molecule has 2 aliphatic heterocycles. The summed E-state index contributed by atoms with van der Waals surface area (Å²) in [4.78, 5) is 30.2. The number of nitrogens with zero attached hydrogens (tertiary/aromatic N) is 3. The summed E-state index contributed by atoms with van der Waals surface area (Å²) in [5.74, 6) is 0.346. The van der Waals surface area contributed by atoms with Crippen LogP contribution in [0.15, 0.2) is 24.3 Å². The summed E-state index contributed by atoms with van der Waals surface area (Å²) in [5, 5.41) is 0. The van der Waals surface area contributed by atoms with Crippen LogP contribution in [0, 0.1) is 0 Å². The summed E-state index contributed by atoms with van der Waals surface area (Å²) >= 11 is 0. The van der Waals surface area contributed by atoms with E-state index in [-0.39, 0.29) is 0 Å². The number of anilines is 1. The first-order valence-corrected chi connectivity index (χ1v) is 11.5. The molecular formula is C23H34N4O4. The average Bonchev–Trinajstić information content (AvgIpc) is 3.59. The number of carbonyl (C=O) groups is 2. The average molecular weight is 431 g/mol. The van der Waals surface area contributed by atoms with Crippen LogP contribution >= 0.6 is 0 Å². The van der Waals surface area contributed by atoms with Gasteiger partial charge in [-0.2, -0.15) is 0 Å². The minimum Gasteiger partial charge on any atom is -0.494 e. The number of likely N-dealkylation sites (tertiary alicyclic amines) is 1. The van der Waals surface area contributed by atoms with Gasteiger partial charge in [-0.05, 0) is 56.6 Å². The van der Waals surface area contributed by atoms with Crippen LogP contribution in [0.1, 0.15) is 38.5 Å². The second-order valence-corrected chi connectivity index (χ2v) is 8.80. The van der Waals surface area contributed by atoms with Crippen LogP contribution in [0.3, 0.4) is 0 Å². The molecule has 1 aromatic carbocycles. The molecule has 3 aliphatic rings. The lowest BCUT2D eigenvalue weighted by Gasteiger charge is -2.36. The third-order valence-electron chi connectivity index (χ3n) is 6.51. The monoisotopic (exact) mass is 430 g/mol. The third kappa shape index (κ3) is 5.61. The van der Waals surface area contributed by atoms with Gasteiger partial charge < -0.3 is 29.9 Å². The molecule has 2 amide bonds. The number of piperidine rings is 1. The molecule has 1 aliphatic carbocycles. The normalized spacial score (nSPS) is 20.9. The van der Waals surface area contributed by atoms with Crippen LogP contribution in [0.2, 0.25) is 0 Å². The van der Waals surface area contributed by atoms with Gasteiger partial charge in [0.1, 0.15) is 5.75 Å². The van der Waals surface area contributed by atoms with Gasteiger partial charge in [-0.25, -0.2) is 4.79 Å². The molecule has 31 heavy (non-hydrogen) atoms. The van der Waals surface area contributed by atoms with Crippen molar-refractivity contribution in [1.82, 2.24) is 9.80 Å². The van der Waals surface area contributed by atoms with Gasteiger partial charge in [0.05, 0.1) is 6.61 Å². The summed E-state index contributed by atoms with van der Waals surface area (Å²) in [6, 6.07) is 8.17. The third-order valence-corrected chi connectivity index (χ3v) is 6.51. The first-order valence-electron chi connectivity index (χ1n) is 11.5. The van der Waals surface area contributed by atoms with Crippen molar-refractivity contribution in [3.05, 3.63) is 24.3 Å². The molecule has 4 rings (SSSR count). The number of primary amides is 1. The van der Waals surface area contributed by atoms with E-state index in [1.54, 1.807) is 4.90 Å². The number of carbonyl (C=O) groups excluding carboxylic acids is 2. The van der Waals surface area contributed by atoms with Gasteiger partial charge in [-0.1, -0.05) is 6.42 Å². The molecule has 2 heterocycles. The van der Waals surface area contributed by atoms with Crippen molar-refractivity contribution >= 4 is 17.7 Å². The summed E-state index contributed by atoms with van der Waals surface area (Å²) in [6.07, 6.45) is 5.69. The van der Waals surface area contributed by atoms with Gasteiger partial charge in [-0.15, -0.1) is 0 Å². The zero-order valence-electron chi connectivity index (χ0n) is 18.3. The van der Waals surface area contributed by atoms with E-state index in [1.807, 2.05) is 12.1 Å². The highest BCUT2D eigenvalue weighted by Crippen LogP contribution is 2.39. The quantitative estimate of drug-likeness (QED) is 0.636. The maximum Gasteiger partial charge on any atom is 0.410 e. The maximum atomic E-state index is 12.3. The van der Waals surface area contributed by atoms with Crippen molar-refractivity contribution < 1.29 is 19.1 Å². The van der Waals surface area contributed by atoms with E-state index >= 15 is 0 Å². The molecule has 170 valence electrons. The van der Waals surface area contributed by atoms with Gasteiger partial charge in [0.25, 0.3) is 5.91 Å². The Kier molecular flexibility index (Phi) is 6.85. The zero-order valence-corrected chi connectivity index (χ0v) is 18.3. The minimum absolute atomic E-state index is 0.441. The summed E-state index contributed by atoms with van der Waals surface area (Å²) in [7, 11) is 0. The van der Waals surface area contributed by atoms with Gasteiger partial charge in [-0.3, -0.25) is 4.79 Å². The van der Waals surface area contributed by atoms with Crippen LogP contribution in [-0.2, 0) is 9.53 Å². The fourth-order valence-corrected chi connectivity index (χ4v) is 4.31. The van der Waals surface area contributed by atoms with Crippen LogP contribution in [0.25, 0.3) is 0 Å². The van der Waals surface area contributed by atoms with E-state index in [0.717, 1.165) is 31.0 Å². The lowest BCUT2D eigenvalue weighted by molar-refractivity contribution is -0.129. The Labute approximate surface area is 184 Å². The lowest BCUT2D eigenvalue weighted by Crippen LogP contribution is -2.50. The Morgan fingerprint density at radius 3 is 2.23 bits per heavy atom. The number of benzene rings is 1. The number of ether oxygens (including phenoxy) is 2. The van der Waals surface area contributed by atoms with Crippen LogP contribution in [0.4, 0.5) is 10.5 Å². The van der Waals surface area contributed by atoms with E-state index in [1.165, 1.54) is 32.4 Å². The van der Waals surface area contributed by atoms with Crippen molar-refractivity contribution in [1.29, 1.82) is 0 Å². The SMILES string of the molecule is NC(=O)C1(OC(=O)N2CCN(c3ccc(OCCCN4CCCCC4)cc3)CC2)CC1. The largest absolute Gasteiger partial charge is 0.494 e. The number of nitrogens with two attached hydrogens (primary N) is 1. The highest BCUT2D eigenvalue weighted by atomic mass is 16.6. The lowest BCUT2D eigenvalue weighted by atomic mass is 10.1. The van der Waals surface area contributed by atoms with Crippen LogP contribution < -0.4 is 15.4 Å². The molecule has 0 aromatic heterocycles. The number of piperazine rings is 1. The van der Waals surface area contributed by atoms with Crippen LogP contribution in [0.5, 0.6) is 5.75 Å². The standard InChI is InChI=1S/C23H34N4O4/c24-21(28)23(9-10-23)31-22(29)27-16-14-26(15-17-27)19-5-7-20(8-6-19)30-18-4-13-25-11-2-1-3-12-25/h5-8H,1-4,9-18H2,(H2,24,28). The van der Waals surface area contributed by atoms with E-state index in [9.17, 15) is 9.59 Å². The second kappa shape index (κ2) is 9.77. The van der Waals surface area contributed by atoms with Crippen molar-refractivity contribution in [2.45, 2.75) is 44.1 Å². The number of rotatable bonds is 8. The molecule has 2 N–H and O–H groups in total. The zero-order chi connectivity index (χ0) is 21.7. The molecule has 1 aromatic rings. The number of amides is 2. The highest BCUT2D eigenvalue weighted by molar-refractivity contribution is 5.89. The summed E-state index contributed by atoms with van der Waals surface area (Å²) in [5.41, 5.74) is 5.40. The van der Waals surface area contributed by atoms with E-state index < -0.39 is 17.6 Å². The van der Waals surface area contributed by atoms with Gasteiger partial charge >= 0.3 is 6.09 Å². The van der Waals surface area contributed by atoms with Crippen molar-refractivity contribution in [3.8, 4) is 5.75 Å². The van der Waals surface area contributed by atoms with Gasteiger partial charge in [0.2, 0.25) is 0 Å². The fourth-order valence-electron chi connectivity index (χ4n) is 4.31. The molecular weight excluding hydrogens is 396 g/mol. The summed E-state index contributed by atoms with van der Waals surface area (Å²) < 4.78 is 11.3. The molecule has 0 atom stereocenters. The molecule has 0 radical (unpaired) electrons. The highest BCUT2D eigenvalue weighted by Gasteiger charge is 2.53. The molecule has 2 saturated heterocycles. The Balaban J connectivity index is 1.17. The summed E-state index contributed by atoms with van der Waals surface area (Å²) in [6.45, 7) is 6.86. The van der Waals surface area contributed by atoms with Gasteiger partial charge in [0, 0.05) is 51.3 Å². The Bertz CT molecular complexity index is 751.